The topological polar surface area (TPSA) is 58.4 Å². The lowest BCUT2D eigenvalue weighted by molar-refractivity contribution is -0.126. The second-order valence-corrected chi connectivity index (χ2v) is 4.80. The number of rotatable bonds is 3. The quantitative estimate of drug-likeness (QED) is 0.710. The minimum atomic E-state index is -0.164. The molecular weight excluding hydrogens is 190 g/mol. The van der Waals surface area contributed by atoms with Crippen molar-refractivity contribution in [3.63, 3.8) is 0 Å². The maximum absolute atomic E-state index is 11.8. The first-order valence-corrected chi connectivity index (χ1v) is 5.77. The molecule has 0 aromatic carbocycles. The van der Waals surface area contributed by atoms with Crippen LogP contribution in [0.1, 0.15) is 33.6 Å². The molecule has 0 bridgehead atoms. The van der Waals surface area contributed by atoms with Crippen LogP contribution < -0.4 is 11.1 Å². The molecule has 1 amide bonds. The van der Waals surface area contributed by atoms with E-state index in [0.717, 1.165) is 25.9 Å². The predicted molar refractivity (Wildman–Crippen MR) is 61.5 cm³/mol. The van der Waals surface area contributed by atoms with Gasteiger partial charge in [0.05, 0.1) is 0 Å². The molecule has 4 heteroatoms. The van der Waals surface area contributed by atoms with Gasteiger partial charge in [-0.2, -0.15) is 0 Å². The molecule has 88 valence electrons. The lowest BCUT2D eigenvalue weighted by atomic mass is 9.96. The van der Waals surface area contributed by atoms with Gasteiger partial charge in [-0.05, 0) is 33.2 Å². The van der Waals surface area contributed by atoms with Crippen LogP contribution in [0.5, 0.6) is 0 Å². The molecule has 1 saturated heterocycles. The zero-order chi connectivity index (χ0) is 11.5. The highest BCUT2D eigenvalue weighted by molar-refractivity contribution is 5.82. The van der Waals surface area contributed by atoms with Crippen molar-refractivity contribution in [2.45, 2.75) is 45.2 Å². The van der Waals surface area contributed by atoms with Crippen LogP contribution in [0, 0.1) is 0 Å². The van der Waals surface area contributed by atoms with Gasteiger partial charge in [0, 0.05) is 18.6 Å². The number of carbonyl (C=O) groups excluding carboxylic acids is 1. The Morgan fingerprint density at radius 1 is 1.60 bits per heavy atom. The number of hydrogen-bond acceptors (Lipinski definition) is 3. The van der Waals surface area contributed by atoms with Crippen molar-refractivity contribution in [1.82, 2.24) is 10.2 Å². The van der Waals surface area contributed by atoms with E-state index in [0.29, 0.717) is 6.54 Å². The standard InChI is InChI=1S/C11H23N3O/c1-4-7-14-9(8-12)10(15)13-6-5-11(14,2)3/h9H,4-8,12H2,1-3H3,(H,13,15). The SMILES string of the molecule is CCCN1C(CN)C(=O)NCCC1(C)C. The van der Waals surface area contributed by atoms with Crippen LogP contribution in [0.2, 0.25) is 0 Å². The Hall–Kier alpha value is -0.610. The van der Waals surface area contributed by atoms with Gasteiger partial charge in [0.15, 0.2) is 0 Å². The normalized spacial score (nSPS) is 27.2. The lowest BCUT2D eigenvalue weighted by Crippen LogP contribution is -2.55. The molecular formula is C11H23N3O. The molecule has 1 aliphatic heterocycles. The summed E-state index contributed by atoms with van der Waals surface area (Å²) in [7, 11) is 0. The Morgan fingerprint density at radius 2 is 2.27 bits per heavy atom. The largest absolute Gasteiger partial charge is 0.355 e. The summed E-state index contributed by atoms with van der Waals surface area (Å²) in [6.07, 6.45) is 2.03. The monoisotopic (exact) mass is 213 g/mol. The van der Waals surface area contributed by atoms with Gasteiger partial charge in [-0.15, -0.1) is 0 Å². The number of carbonyl (C=O) groups is 1. The summed E-state index contributed by atoms with van der Waals surface area (Å²) in [5, 5.41) is 2.93. The van der Waals surface area contributed by atoms with E-state index < -0.39 is 0 Å². The van der Waals surface area contributed by atoms with E-state index in [-0.39, 0.29) is 17.5 Å². The van der Waals surface area contributed by atoms with E-state index in [9.17, 15) is 4.79 Å². The fourth-order valence-electron chi connectivity index (χ4n) is 2.25. The average Bonchev–Trinajstić information content (AvgIpc) is 2.26. The number of nitrogens with one attached hydrogen (secondary N) is 1. The van der Waals surface area contributed by atoms with Crippen molar-refractivity contribution in [1.29, 1.82) is 0 Å². The van der Waals surface area contributed by atoms with Crippen LogP contribution in [-0.2, 0) is 4.79 Å². The Morgan fingerprint density at radius 3 is 2.80 bits per heavy atom. The van der Waals surface area contributed by atoms with Crippen LogP contribution in [0.4, 0.5) is 0 Å². The highest BCUT2D eigenvalue weighted by Crippen LogP contribution is 2.23. The molecule has 1 unspecified atom stereocenters. The fraction of sp³-hybridized carbons (Fsp3) is 0.909. The first-order valence-electron chi connectivity index (χ1n) is 5.77. The molecule has 0 aromatic heterocycles. The van der Waals surface area contributed by atoms with Crippen molar-refractivity contribution in [2.75, 3.05) is 19.6 Å². The molecule has 0 saturated carbocycles. The van der Waals surface area contributed by atoms with E-state index in [2.05, 4.69) is 31.0 Å². The molecule has 0 radical (unpaired) electrons. The van der Waals surface area contributed by atoms with Crippen LogP contribution in [0.15, 0.2) is 0 Å². The van der Waals surface area contributed by atoms with E-state index in [4.69, 9.17) is 5.73 Å². The Balaban J connectivity index is 2.89. The highest BCUT2D eigenvalue weighted by atomic mass is 16.2. The summed E-state index contributed by atoms with van der Waals surface area (Å²) < 4.78 is 0. The minimum Gasteiger partial charge on any atom is -0.355 e. The molecule has 1 fully saturated rings. The summed E-state index contributed by atoms with van der Waals surface area (Å²) in [4.78, 5) is 14.0. The number of nitrogens with zero attached hydrogens (tertiary/aromatic N) is 1. The molecule has 1 rings (SSSR count). The van der Waals surface area contributed by atoms with Crippen molar-refractivity contribution < 1.29 is 4.79 Å². The summed E-state index contributed by atoms with van der Waals surface area (Å²) in [6, 6.07) is -0.164. The van der Waals surface area contributed by atoms with Gasteiger partial charge >= 0.3 is 0 Å². The first-order chi connectivity index (χ1) is 7.03. The van der Waals surface area contributed by atoms with E-state index in [1.807, 2.05) is 0 Å². The molecule has 15 heavy (non-hydrogen) atoms. The third-order valence-corrected chi connectivity index (χ3v) is 3.18. The predicted octanol–water partition coefficient (Wildman–Crippen LogP) is 0.324. The maximum Gasteiger partial charge on any atom is 0.238 e. The van der Waals surface area contributed by atoms with Gasteiger partial charge in [0.25, 0.3) is 0 Å². The van der Waals surface area contributed by atoms with Crippen LogP contribution >= 0.6 is 0 Å². The first kappa shape index (κ1) is 12.5. The molecule has 0 spiro atoms. The van der Waals surface area contributed by atoms with Gasteiger partial charge in [-0.3, -0.25) is 9.69 Å². The third kappa shape index (κ3) is 2.69. The smallest absolute Gasteiger partial charge is 0.238 e. The zero-order valence-electron chi connectivity index (χ0n) is 10.0. The average molecular weight is 213 g/mol. The lowest BCUT2D eigenvalue weighted by Gasteiger charge is -2.40. The molecule has 0 aromatic rings. The van der Waals surface area contributed by atoms with Crippen LogP contribution in [0.3, 0.4) is 0 Å². The van der Waals surface area contributed by atoms with Crippen molar-refractivity contribution in [3.8, 4) is 0 Å². The third-order valence-electron chi connectivity index (χ3n) is 3.18. The molecule has 0 aliphatic carbocycles. The summed E-state index contributed by atoms with van der Waals surface area (Å²) in [6.45, 7) is 8.59. The number of nitrogens with two attached hydrogens (primary N) is 1. The molecule has 1 heterocycles. The Kier molecular flexibility index (Phi) is 4.11. The van der Waals surface area contributed by atoms with E-state index >= 15 is 0 Å². The number of amides is 1. The maximum atomic E-state index is 11.8. The Labute approximate surface area is 92.2 Å². The zero-order valence-corrected chi connectivity index (χ0v) is 10.0. The second-order valence-electron chi connectivity index (χ2n) is 4.80. The van der Waals surface area contributed by atoms with Gasteiger partial charge < -0.3 is 11.1 Å². The minimum absolute atomic E-state index is 0.0548. The molecule has 4 nitrogen and oxygen atoms in total. The van der Waals surface area contributed by atoms with Gasteiger partial charge in [-0.25, -0.2) is 0 Å². The van der Waals surface area contributed by atoms with Crippen LogP contribution in [0.25, 0.3) is 0 Å². The van der Waals surface area contributed by atoms with E-state index in [1.54, 1.807) is 0 Å². The van der Waals surface area contributed by atoms with Gasteiger partial charge in [0.1, 0.15) is 6.04 Å². The van der Waals surface area contributed by atoms with Crippen molar-refractivity contribution in [3.05, 3.63) is 0 Å². The van der Waals surface area contributed by atoms with Gasteiger partial charge in [0.2, 0.25) is 5.91 Å². The summed E-state index contributed by atoms with van der Waals surface area (Å²) in [5.41, 5.74) is 5.76. The molecule has 1 atom stereocenters. The van der Waals surface area contributed by atoms with Crippen LogP contribution in [-0.4, -0.2) is 42.0 Å². The number of hydrogen-bond donors (Lipinski definition) is 2. The summed E-state index contributed by atoms with van der Waals surface area (Å²) >= 11 is 0. The van der Waals surface area contributed by atoms with Crippen molar-refractivity contribution in [2.24, 2.45) is 5.73 Å². The Bertz CT molecular complexity index is 228. The van der Waals surface area contributed by atoms with Crippen molar-refractivity contribution >= 4 is 5.91 Å². The van der Waals surface area contributed by atoms with Gasteiger partial charge in [-0.1, -0.05) is 6.92 Å². The molecule has 1 aliphatic rings. The van der Waals surface area contributed by atoms with E-state index in [1.165, 1.54) is 0 Å². The fourth-order valence-corrected chi connectivity index (χ4v) is 2.25. The highest BCUT2D eigenvalue weighted by Gasteiger charge is 2.37. The second kappa shape index (κ2) is 4.94. The summed E-state index contributed by atoms with van der Waals surface area (Å²) in [5.74, 6) is 0.0801. The molecule has 3 N–H and O–H groups in total.